The van der Waals surface area contributed by atoms with Crippen LogP contribution < -0.4 is 10.6 Å². The maximum absolute atomic E-state index is 15.1. The molecule has 0 saturated carbocycles. The SMILES string of the molecule is Cc1cccc(-c2ccc(-c3cnc(-c4ccc(C[C@H](NC(=O)c5ccc(C(C)(C)C)s5)C(=O)N[C@H](C)C(=O)O)cc4)nc3)cc2F)c1. The molecule has 2 heterocycles. The van der Waals surface area contributed by atoms with Crippen LogP contribution in [0.1, 0.15) is 53.4 Å². The Labute approximate surface area is 283 Å². The number of nitrogens with one attached hydrogen (secondary N) is 2. The van der Waals surface area contributed by atoms with Crippen LogP contribution in [-0.4, -0.2) is 44.9 Å². The Morgan fingerprint density at radius 3 is 2.15 bits per heavy atom. The third kappa shape index (κ3) is 8.19. The van der Waals surface area contributed by atoms with Crippen molar-refractivity contribution in [1.82, 2.24) is 20.6 Å². The first-order valence-electron chi connectivity index (χ1n) is 15.5. The molecule has 2 amide bonds. The number of hydrogen-bond donors (Lipinski definition) is 3. The van der Waals surface area contributed by atoms with Crippen molar-refractivity contribution in [2.24, 2.45) is 0 Å². The third-order valence-electron chi connectivity index (χ3n) is 7.86. The Kier molecular flexibility index (Phi) is 10.1. The molecule has 2 aromatic heterocycles. The number of carboxylic acid groups (broad SMARTS) is 1. The van der Waals surface area contributed by atoms with Gasteiger partial charge in [-0.25, -0.2) is 14.4 Å². The molecule has 0 radical (unpaired) electrons. The summed E-state index contributed by atoms with van der Waals surface area (Å²) in [6.07, 6.45) is 3.42. The molecule has 3 N–H and O–H groups in total. The number of hydrogen-bond acceptors (Lipinski definition) is 6. The van der Waals surface area contributed by atoms with E-state index in [1.807, 2.05) is 67.6 Å². The van der Waals surface area contributed by atoms with E-state index in [4.69, 9.17) is 0 Å². The van der Waals surface area contributed by atoms with Gasteiger partial charge in [-0.15, -0.1) is 11.3 Å². The number of aromatic nitrogens is 2. The van der Waals surface area contributed by atoms with Crippen LogP contribution in [-0.2, 0) is 21.4 Å². The van der Waals surface area contributed by atoms with Crippen LogP contribution >= 0.6 is 11.3 Å². The molecule has 0 spiro atoms. The Balaban J connectivity index is 1.30. The van der Waals surface area contributed by atoms with Gasteiger partial charge < -0.3 is 15.7 Å². The highest BCUT2D eigenvalue weighted by molar-refractivity contribution is 7.14. The molecule has 3 aromatic carbocycles. The van der Waals surface area contributed by atoms with Crippen molar-refractivity contribution in [2.75, 3.05) is 0 Å². The summed E-state index contributed by atoms with van der Waals surface area (Å²) in [6, 6.07) is 21.5. The van der Waals surface area contributed by atoms with Crippen molar-refractivity contribution in [2.45, 2.75) is 58.5 Å². The lowest BCUT2D eigenvalue weighted by Gasteiger charge is -2.20. The maximum Gasteiger partial charge on any atom is 0.325 e. The number of halogens is 1. The average molecular weight is 665 g/mol. The molecule has 0 aliphatic carbocycles. The minimum absolute atomic E-state index is 0.131. The fourth-order valence-electron chi connectivity index (χ4n) is 5.07. The second-order valence-corrected chi connectivity index (χ2v) is 13.9. The number of carbonyl (C=O) groups is 3. The quantitative estimate of drug-likeness (QED) is 0.145. The van der Waals surface area contributed by atoms with E-state index in [9.17, 15) is 19.5 Å². The van der Waals surface area contributed by atoms with Gasteiger partial charge in [-0.05, 0) is 54.2 Å². The monoisotopic (exact) mass is 664 g/mol. The van der Waals surface area contributed by atoms with Gasteiger partial charge in [0.2, 0.25) is 5.91 Å². The van der Waals surface area contributed by atoms with Crippen molar-refractivity contribution in [3.8, 4) is 33.6 Å². The van der Waals surface area contributed by atoms with E-state index in [1.165, 1.54) is 24.3 Å². The van der Waals surface area contributed by atoms with Crippen molar-refractivity contribution in [3.63, 3.8) is 0 Å². The van der Waals surface area contributed by atoms with E-state index in [1.54, 1.807) is 24.5 Å². The molecule has 0 aliphatic rings. The normalized spacial score (nSPS) is 12.6. The summed E-state index contributed by atoms with van der Waals surface area (Å²) in [4.78, 5) is 48.2. The molecule has 5 aromatic rings. The predicted octanol–water partition coefficient (Wildman–Crippen LogP) is 7.21. The molecule has 5 rings (SSSR count). The molecule has 0 unspecified atom stereocenters. The van der Waals surface area contributed by atoms with E-state index >= 15 is 4.39 Å². The zero-order chi connectivity index (χ0) is 34.6. The molecule has 10 heteroatoms. The first kappa shape index (κ1) is 34.1. The number of carbonyl (C=O) groups excluding carboxylic acids is 2. The highest BCUT2D eigenvalue weighted by atomic mass is 32.1. The molecule has 8 nitrogen and oxygen atoms in total. The minimum atomic E-state index is -1.18. The largest absolute Gasteiger partial charge is 0.480 e. The van der Waals surface area contributed by atoms with Crippen molar-refractivity contribution in [1.29, 1.82) is 0 Å². The van der Waals surface area contributed by atoms with Crippen LogP contribution in [0.15, 0.2) is 91.3 Å². The summed E-state index contributed by atoms with van der Waals surface area (Å²) in [5, 5.41) is 14.6. The van der Waals surface area contributed by atoms with E-state index in [0.717, 1.165) is 27.1 Å². The first-order chi connectivity index (χ1) is 22.8. The second-order valence-electron chi connectivity index (χ2n) is 12.8. The molecule has 0 fully saturated rings. The smallest absolute Gasteiger partial charge is 0.325 e. The highest BCUT2D eigenvalue weighted by Crippen LogP contribution is 2.30. The van der Waals surface area contributed by atoms with Crippen LogP contribution in [0.3, 0.4) is 0 Å². The van der Waals surface area contributed by atoms with Gasteiger partial charge in [-0.1, -0.05) is 87.0 Å². The minimum Gasteiger partial charge on any atom is -0.480 e. The fraction of sp³-hybridized carbons (Fsp3) is 0.237. The molecule has 246 valence electrons. The summed E-state index contributed by atoms with van der Waals surface area (Å²) < 4.78 is 15.1. The predicted molar refractivity (Wildman–Crippen MR) is 186 cm³/mol. The lowest BCUT2D eigenvalue weighted by Crippen LogP contribution is -2.51. The van der Waals surface area contributed by atoms with E-state index < -0.39 is 29.9 Å². The standard InChI is InChI=1S/C38H37FN4O4S/c1-22-7-6-8-27(17-22)29-14-13-26(19-30(29)39)28-20-40-34(41-21-28)25-11-9-24(10-12-25)18-31(35(44)42-23(2)37(46)47)43-36(45)32-15-16-33(48-32)38(3,4)5/h6-17,19-21,23,31H,18H2,1-5H3,(H,42,44)(H,43,45)(H,46,47)/t23-,31+/m1/s1. The number of thiophene rings is 1. The summed E-state index contributed by atoms with van der Waals surface area (Å²) in [6.45, 7) is 9.50. The van der Waals surface area contributed by atoms with Gasteiger partial charge in [0.05, 0.1) is 4.88 Å². The number of rotatable bonds is 10. The molecule has 0 saturated heterocycles. The van der Waals surface area contributed by atoms with Crippen molar-refractivity contribution >= 4 is 29.1 Å². The first-order valence-corrected chi connectivity index (χ1v) is 16.3. The third-order valence-corrected chi connectivity index (χ3v) is 9.37. The number of nitrogens with zero attached hydrogens (tertiary/aromatic N) is 2. The lowest BCUT2D eigenvalue weighted by atomic mass is 9.95. The van der Waals surface area contributed by atoms with Crippen LogP contribution in [0, 0.1) is 12.7 Å². The Hall–Kier alpha value is -5.22. The fourth-order valence-corrected chi connectivity index (χ4v) is 6.04. The van der Waals surface area contributed by atoms with Gasteiger partial charge in [0.25, 0.3) is 5.91 Å². The van der Waals surface area contributed by atoms with Gasteiger partial charge in [-0.3, -0.25) is 14.4 Å². The zero-order valence-electron chi connectivity index (χ0n) is 27.4. The van der Waals surface area contributed by atoms with Crippen molar-refractivity contribution < 1.29 is 23.9 Å². The van der Waals surface area contributed by atoms with Crippen LogP contribution in [0.4, 0.5) is 4.39 Å². The maximum atomic E-state index is 15.1. The van der Waals surface area contributed by atoms with Gasteiger partial charge in [0, 0.05) is 40.4 Å². The topological polar surface area (TPSA) is 121 Å². The molecular weight excluding hydrogens is 628 g/mol. The number of aryl methyl sites for hydroxylation is 1. The van der Waals surface area contributed by atoms with E-state index in [0.29, 0.717) is 27.4 Å². The number of benzene rings is 3. The molecule has 0 aliphatic heterocycles. The molecular formula is C38H37FN4O4S. The molecule has 2 atom stereocenters. The summed E-state index contributed by atoms with van der Waals surface area (Å²) >= 11 is 1.36. The van der Waals surface area contributed by atoms with E-state index in [2.05, 4.69) is 41.4 Å². The second kappa shape index (κ2) is 14.3. The van der Waals surface area contributed by atoms with Crippen LogP contribution in [0.2, 0.25) is 0 Å². The van der Waals surface area contributed by atoms with Gasteiger partial charge in [0.15, 0.2) is 5.82 Å². The van der Waals surface area contributed by atoms with Crippen LogP contribution in [0.25, 0.3) is 33.6 Å². The number of amides is 2. The number of aliphatic carboxylic acids is 1. The number of carboxylic acids is 1. The Morgan fingerprint density at radius 2 is 1.54 bits per heavy atom. The van der Waals surface area contributed by atoms with Gasteiger partial charge in [-0.2, -0.15) is 0 Å². The van der Waals surface area contributed by atoms with Gasteiger partial charge >= 0.3 is 5.97 Å². The highest BCUT2D eigenvalue weighted by Gasteiger charge is 2.26. The zero-order valence-corrected chi connectivity index (χ0v) is 28.2. The Bertz CT molecular complexity index is 1950. The average Bonchev–Trinajstić information content (AvgIpc) is 3.57. The molecule has 48 heavy (non-hydrogen) atoms. The lowest BCUT2D eigenvalue weighted by molar-refractivity contribution is -0.141. The molecule has 0 bridgehead atoms. The van der Waals surface area contributed by atoms with Gasteiger partial charge in [0.1, 0.15) is 17.9 Å². The summed E-state index contributed by atoms with van der Waals surface area (Å²) in [5.41, 5.74) is 5.06. The van der Waals surface area contributed by atoms with Crippen LogP contribution in [0.5, 0.6) is 0 Å². The van der Waals surface area contributed by atoms with Crippen molar-refractivity contribution in [3.05, 3.63) is 118 Å². The van der Waals surface area contributed by atoms with E-state index in [-0.39, 0.29) is 17.7 Å². The summed E-state index contributed by atoms with van der Waals surface area (Å²) in [7, 11) is 0. The Morgan fingerprint density at radius 1 is 0.854 bits per heavy atom. The summed E-state index contributed by atoms with van der Waals surface area (Å²) in [5.74, 6) is -2.05.